The van der Waals surface area contributed by atoms with Crippen LogP contribution in [0.2, 0.25) is 0 Å². The van der Waals surface area contributed by atoms with Crippen LogP contribution in [-0.4, -0.2) is 21.0 Å². The number of carboxylic acid groups (broad SMARTS) is 1. The number of hydrogen-bond acceptors (Lipinski definition) is 3. The standard InChI is InChI=1S/C13H13NO3S/c14-8-7-13(5-6-13)9-18(17)11-3-1-10(2-4-11)12(15)16/h1-4H,5-7,9H2,(H,15,16). The summed E-state index contributed by atoms with van der Waals surface area (Å²) in [5, 5.41) is 17.5. The third-order valence-corrected chi connectivity index (χ3v) is 4.89. The van der Waals surface area contributed by atoms with Crippen LogP contribution in [0.3, 0.4) is 0 Å². The minimum Gasteiger partial charge on any atom is -0.478 e. The summed E-state index contributed by atoms with van der Waals surface area (Å²) >= 11 is 0. The summed E-state index contributed by atoms with van der Waals surface area (Å²) < 4.78 is 12.1. The van der Waals surface area contributed by atoms with Gasteiger partial charge < -0.3 is 5.11 Å². The van der Waals surface area contributed by atoms with Gasteiger partial charge in [-0.05, 0) is 42.5 Å². The first kappa shape index (κ1) is 12.8. The lowest BCUT2D eigenvalue weighted by Gasteiger charge is -2.10. The first-order chi connectivity index (χ1) is 8.56. The maximum absolute atomic E-state index is 12.1. The van der Waals surface area contributed by atoms with Crippen LogP contribution >= 0.6 is 0 Å². The normalized spacial score (nSPS) is 17.7. The summed E-state index contributed by atoms with van der Waals surface area (Å²) in [6.07, 6.45) is 2.37. The second-order valence-corrected chi connectivity index (χ2v) is 6.11. The predicted molar refractivity (Wildman–Crippen MR) is 66.6 cm³/mol. The van der Waals surface area contributed by atoms with E-state index in [1.165, 1.54) is 12.1 Å². The van der Waals surface area contributed by atoms with E-state index < -0.39 is 16.8 Å². The molecule has 18 heavy (non-hydrogen) atoms. The van der Waals surface area contributed by atoms with E-state index in [2.05, 4.69) is 6.07 Å². The van der Waals surface area contributed by atoms with Crippen molar-refractivity contribution in [1.82, 2.24) is 0 Å². The summed E-state index contributed by atoms with van der Waals surface area (Å²) in [5.74, 6) is -0.497. The number of aromatic carboxylic acids is 1. The van der Waals surface area contributed by atoms with Crippen LogP contribution < -0.4 is 0 Å². The molecule has 1 aliphatic carbocycles. The Kier molecular flexibility index (Phi) is 3.48. The van der Waals surface area contributed by atoms with Crippen molar-refractivity contribution >= 4 is 16.8 Å². The van der Waals surface area contributed by atoms with Crippen LogP contribution in [0.15, 0.2) is 29.2 Å². The Labute approximate surface area is 108 Å². The van der Waals surface area contributed by atoms with Crippen LogP contribution in [0.25, 0.3) is 0 Å². The molecule has 94 valence electrons. The minimum atomic E-state index is -1.16. The molecule has 1 atom stereocenters. The van der Waals surface area contributed by atoms with Crippen molar-refractivity contribution in [2.45, 2.75) is 24.2 Å². The number of nitrogens with zero attached hydrogens (tertiary/aromatic N) is 1. The average molecular weight is 263 g/mol. The molecule has 0 radical (unpaired) electrons. The SMILES string of the molecule is N#CCC1(CS(=O)c2ccc(C(=O)O)cc2)CC1. The third kappa shape index (κ3) is 2.77. The number of hydrogen-bond donors (Lipinski definition) is 1. The van der Waals surface area contributed by atoms with Crippen LogP contribution in [0.4, 0.5) is 0 Å². The molecule has 4 nitrogen and oxygen atoms in total. The van der Waals surface area contributed by atoms with Gasteiger partial charge in [0.1, 0.15) is 0 Å². The van der Waals surface area contributed by atoms with Gasteiger partial charge in [-0.25, -0.2) is 4.79 Å². The quantitative estimate of drug-likeness (QED) is 0.883. The predicted octanol–water partition coefficient (Wildman–Crippen LogP) is 2.19. The molecule has 1 fully saturated rings. The van der Waals surface area contributed by atoms with Crippen molar-refractivity contribution in [2.75, 3.05) is 5.75 Å². The van der Waals surface area contributed by atoms with E-state index in [9.17, 15) is 9.00 Å². The Morgan fingerprint density at radius 1 is 1.39 bits per heavy atom. The molecule has 1 aromatic carbocycles. The van der Waals surface area contributed by atoms with E-state index in [1.54, 1.807) is 12.1 Å². The van der Waals surface area contributed by atoms with Crippen molar-refractivity contribution < 1.29 is 14.1 Å². The summed E-state index contributed by atoms with van der Waals surface area (Å²) in [7, 11) is -1.16. The Balaban J connectivity index is 2.06. The largest absolute Gasteiger partial charge is 0.478 e. The van der Waals surface area contributed by atoms with E-state index in [-0.39, 0.29) is 11.0 Å². The number of carbonyl (C=O) groups is 1. The minimum absolute atomic E-state index is 0.0644. The van der Waals surface area contributed by atoms with E-state index >= 15 is 0 Å². The number of carboxylic acids is 1. The maximum atomic E-state index is 12.1. The fraction of sp³-hybridized carbons (Fsp3) is 0.385. The maximum Gasteiger partial charge on any atom is 0.335 e. The van der Waals surface area contributed by atoms with Crippen LogP contribution in [-0.2, 0) is 10.8 Å². The van der Waals surface area contributed by atoms with Gasteiger partial charge in [-0.3, -0.25) is 4.21 Å². The first-order valence-electron chi connectivity index (χ1n) is 5.65. The molecule has 0 spiro atoms. The van der Waals surface area contributed by atoms with Gasteiger partial charge in [0, 0.05) is 17.1 Å². The van der Waals surface area contributed by atoms with Crippen molar-refractivity contribution in [3.05, 3.63) is 29.8 Å². The molecule has 0 saturated heterocycles. The van der Waals surface area contributed by atoms with Crippen LogP contribution in [0.1, 0.15) is 29.6 Å². The van der Waals surface area contributed by atoms with E-state index in [4.69, 9.17) is 10.4 Å². The molecule has 0 aromatic heterocycles. The second kappa shape index (κ2) is 4.91. The van der Waals surface area contributed by atoms with Crippen LogP contribution in [0.5, 0.6) is 0 Å². The molecular weight excluding hydrogens is 250 g/mol. The molecular formula is C13H13NO3S. The van der Waals surface area contributed by atoms with Gasteiger partial charge in [0.15, 0.2) is 0 Å². The Morgan fingerprint density at radius 3 is 2.44 bits per heavy atom. The monoisotopic (exact) mass is 263 g/mol. The number of nitriles is 1. The molecule has 1 saturated carbocycles. The highest BCUT2D eigenvalue weighted by Gasteiger charge is 2.43. The zero-order chi connectivity index (χ0) is 13.2. The van der Waals surface area contributed by atoms with E-state index in [1.807, 2.05) is 0 Å². The van der Waals surface area contributed by atoms with Gasteiger partial charge in [0.05, 0.1) is 22.4 Å². The van der Waals surface area contributed by atoms with Crippen molar-refractivity contribution in [3.8, 4) is 6.07 Å². The molecule has 1 unspecified atom stereocenters. The summed E-state index contributed by atoms with van der Waals surface area (Å²) in [6.45, 7) is 0. The highest BCUT2D eigenvalue weighted by Crippen LogP contribution is 2.49. The fourth-order valence-electron chi connectivity index (χ4n) is 1.83. The van der Waals surface area contributed by atoms with Crippen molar-refractivity contribution in [2.24, 2.45) is 5.41 Å². The van der Waals surface area contributed by atoms with Crippen molar-refractivity contribution in [1.29, 1.82) is 5.26 Å². The second-order valence-electron chi connectivity index (χ2n) is 4.65. The molecule has 0 heterocycles. The third-order valence-electron chi connectivity index (χ3n) is 3.21. The average Bonchev–Trinajstić information content (AvgIpc) is 3.09. The molecule has 2 rings (SSSR count). The van der Waals surface area contributed by atoms with Gasteiger partial charge in [-0.1, -0.05) is 0 Å². The molecule has 0 bridgehead atoms. The lowest BCUT2D eigenvalue weighted by atomic mass is 10.1. The summed E-state index contributed by atoms with van der Waals surface area (Å²) in [4.78, 5) is 11.3. The summed E-state index contributed by atoms with van der Waals surface area (Å²) in [6, 6.07) is 8.23. The van der Waals surface area contributed by atoms with Gasteiger partial charge in [-0.2, -0.15) is 5.26 Å². The van der Waals surface area contributed by atoms with Gasteiger partial charge in [0.2, 0.25) is 0 Å². The Hall–Kier alpha value is -1.67. The van der Waals surface area contributed by atoms with Crippen LogP contribution in [0, 0.1) is 16.7 Å². The van der Waals surface area contributed by atoms with Gasteiger partial charge >= 0.3 is 5.97 Å². The number of rotatable bonds is 5. The Bertz CT molecular complexity index is 526. The lowest BCUT2D eigenvalue weighted by molar-refractivity contribution is 0.0697. The van der Waals surface area contributed by atoms with E-state index in [0.717, 1.165) is 12.8 Å². The highest BCUT2D eigenvalue weighted by molar-refractivity contribution is 7.85. The smallest absolute Gasteiger partial charge is 0.335 e. The summed E-state index contributed by atoms with van der Waals surface area (Å²) in [5.41, 5.74) is 0.124. The van der Waals surface area contributed by atoms with Crippen molar-refractivity contribution in [3.63, 3.8) is 0 Å². The lowest BCUT2D eigenvalue weighted by Crippen LogP contribution is -2.12. The number of benzene rings is 1. The van der Waals surface area contributed by atoms with E-state index in [0.29, 0.717) is 17.1 Å². The zero-order valence-electron chi connectivity index (χ0n) is 9.76. The molecule has 1 aliphatic rings. The highest BCUT2D eigenvalue weighted by atomic mass is 32.2. The molecule has 1 aromatic rings. The molecule has 1 N–H and O–H groups in total. The van der Waals surface area contributed by atoms with Gasteiger partial charge in [0.25, 0.3) is 0 Å². The van der Waals surface area contributed by atoms with Gasteiger partial charge in [-0.15, -0.1) is 0 Å². The topological polar surface area (TPSA) is 78.2 Å². The molecule has 5 heteroatoms. The fourth-order valence-corrected chi connectivity index (χ4v) is 3.38. The first-order valence-corrected chi connectivity index (χ1v) is 6.97. The Morgan fingerprint density at radius 2 is 2.00 bits per heavy atom. The zero-order valence-corrected chi connectivity index (χ0v) is 10.6. The molecule has 0 aliphatic heterocycles. The molecule has 0 amide bonds.